The molecule has 0 aliphatic carbocycles. The lowest BCUT2D eigenvalue weighted by atomic mass is 10.0. The van der Waals surface area contributed by atoms with Crippen molar-refractivity contribution in [2.24, 2.45) is 0 Å². The van der Waals surface area contributed by atoms with Gasteiger partial charge in [-0.25, -0.2) is 0 Å². The van der Waals surface area contributed by atoms with E-state index in [-0.39, 0.29) is 12.1 Å². The first kappa shape index (κ1) is 21.2. The van der Waals surface area contributed by atoms with E-state index < -0.39 is 0 Å². The second kappa shape index (κ2) is 9.08. The quantitative estimate of drug-likeness (QED) is 0.352. The van der Waals surface area contributed by atoms with Gasteiger partial charge in [-0.15, -0.1) is 0 Å². The first-order valence-electron chi connectivity index (χ1n) is 11.1. The molecule has 0 spiro atoms. The normalized spacial score (nSPS) is 17.8. The van der Waals surface area contributed by atoms with Crippen LogP contribution in [0, 0.1) is 6.92 Å². The zero-order valence-electron chi connectivity index (χ0n) is 18.7. The maximum atomic E-state index is 6.02. The van der Waals surface area contributed by atoms with Crippen LogP contribution in [0.15, 0.2) is 91.3 Å². The molecule has 5 rings (SSSR count). The summed E-state index contributed by atoms with van der Waals surface area (Å²) in [5.41, 5.74) is 4.38. The van der Waals surface area contributed by atoms with E-state index in [0.29, 0.717) is 5.11 Å². The number of rotatable bonds is 6. The summed E-state index contributed by atoms with van der Waals surface area (Å²) in [5, 5.41) is 4.21. The van der Waals surface area contributed by atoms with Crippen LogP contribution in [0.3, 0.4) is 0 Å². The van der Waals surface area contributed by atoms with Crippen molar-refractivity contribution in [2.45, 2.75) is 32.5 Å². The zero-order chi connectivity index (χ0) is 22.8. The molecule has 1 aliphatic heterocycles. The van der Waals surface area contributed by atoms with Crippen LogP contribution in [-0.2, 0) is 6.54 Å². The van der Waals surface area contributed by atoms with Crippen LogP contribution >= 0.6 is 12.2 Å². The van der Waals surface area contributed by atoms with Gasteiger partial charge < -0.3 is 19.5 Å². The maximum Gasteiger partial charge on any atom is 0.174 e. The Balaban J connectivity index is 1.48. The van der Waals surface area contributed by atoms with Crippen molar-refractivity contribution in [3.05, 3.63) is 108 Å². The standard InChI is InChI=1S/C27H26N4OS/c1-3-30-18-6-8-24(30)26-25(23-7-4-5-17-28-23)29-27(33)31(26)20-11-15-22(16-12-20)32-21-13-9-19(2)10-14-21/h4-18,25-26H,3H2,1-2H3,(H,29,33)/t25-,26-/m0/s1. The summed E-state index contributed by atoms with van der Waals surface area (Å²) in [6.45, 7) is 5.11. The lowest BCUT2D eigenvalue weighted by Gasteiger charge is -2.29. The average Bonchev–Trinajstić information content (AvgIpc) is 3.45. The number of aromatic nitrogens is 2. The van der Waals surface area contributed by atoms with Gasteiger partial charge in [-0.1, -0.05) is 23.8 Å². The van der Waals surface area contributed by atoms with Gasteiger partial charge in [0.05, 0.1) is 11.7 Å². The number of ether oxygens (including phenoxy) is 1. The van der Waals surface area contributed by atoms with E-state index in [9.17, 15) is 0 Å². The molecule has 5 nitrogen and oxygen atoms in total. The van der Waals surface area contributed by atoms with Crippen LogP contribution in [-0.4, -0.2) is 14.7 Å². The van der Waals surface area contributed by atoms with Crippen molar-refractivity contribution in [2.75, 3.05) is 4.90 Å². The predicted molar refractivity (Wildman–Crippen MR) is 136 cm³/mol. The van der Waals surface area contributed by atoms with Gasteiger partial charge in [0.2, 0.25) is 0 Å². The fourth-order valence-electron chi connectivity index (χ4n) is 4.33. The first-order chi connectivity index (χ1) is 16.1. The second-order valence-electron chi connectivity index (χ2n) is 8.12. The zero-order valence-corrected chi connectivity index (χ0v) is 19.5. The Hall–Kier alpha value is -3.64. The highest BCUT2D eigenvalue weighted by Crippen LogP contribution is 2.42. The maximum absolute atomic E-state index is 6.02. The van der Waals surface area contributed by atoms with Crippen molar-refractivity contribution in [1.29, 1.82) is 0 Å². The molecule has 2 aromatic heterocycles. The van der Waals surface area contributed by atoms with Gasteiger partial charge in [0.1, 0.15) is 17.5 Å². The molecule has 33 heavy (non-hydrogen) atoms. The number of anilines is 1. The first-order valence-corrected chi connectivity index (χ1v) is 11.5. The lowest BCUT2D eigenvalue weighted by Crippen LogP contribution is -2.30. The summed E-state index contributed by atoms with van der Waals surface area (Å²) in [6, 6.07) is 26.3. The molecule has 2 atom stereocenters. The number of thiocarbonyl (C=S) groups is 1. The molecule has 1 saturated heterocycles. The van der Waals surface area contributed by atoms with Crippen LogP contribution < -0.4 is 15.0 Å². The highest BCUT2D eigenvalue weighted by atomic mass is 32.1. The highest BCUT2D eigenvalue weighted by molar-refractivity contribution is 7.80. The lowest BCUT2D eigenvalue weighted by molar-refractivity contribution is 0.482. The second-order valence-corrected chi connectivity index (χ2v) is 8.51. The van der Waals surface area contributed by atoms with E-state index in [1.807, 2.05) is 54.7 Å². The minimum absolute atomic E-state index is 0.0220. The van der Waals surface area contributed by atoms with Gasteiger partial charge in [-0.05, 0) is 86.7 Å². The van der Waals surface area contributed by atoms with Crippen molar-refractivity contribution >= 4 is 23.0 Å². The Kier molecular flexibility index (Phi) is 5.84. The molecule has 166 valence electrons. The number of hydrogen-bond donors (Lipinski definition) is 1. The third-order valence-corrected chi connectivity index (χ3v) is 6.29. The molecule has 2 aromatic carbocycles. The van der Waals surface area contributed by atoms with Gasteiger partial charge in [-0.3, -0.25) is 4.98 Å². The summed E-state index contributed by atoms with van der Waals surface area (Å²) in [7, 11) is 0. The third-order valence-electron chi connectivity index (χ3n) is 5.98. The molecule has 1 fully saturated rings. The van der Waals surface area contributed by atoms with E-state index in [1.54, 1.807) is 0 Å². The molecule has 3 heterocycles. The summed E-state index contributed by atoms with van der Waals surface area (Å²) in [5.74, 6) is 1.61. The van der Waals surface area contributed by atoms with E-state index in [0.717, 1.165) is 29.4 Å². The van der Waals surface area contributed by atoms with Crippen LogP contribution in [0.1, 0.15) is 36.0 Å². The fourth-order valence-corrected chi connectivity index (χ4v) is 4.68. The molecular formula is C27H26N4OS. The minimum Gasteiger partial charge on any atom is -0.457 e. The van der Waals surface area contributed by atoms with E-state index in [4.69, 9.17) is 17.0 Å². The predicted octanol–water partition coefficient (Wildman–Crippen LogP) is 6.18. The third kappa shape index (κ3) is 4.22. The largest absolute Gasteiger partial charge is 0.457 e. The molecule has 1 N–H and O–H groups in total. The molecule has 0 amide bonds. The molecule has 0 bridgehead atoms. The monoisotopic (exact) mass is 454 g/mol. The number of benzene rings is 2. The summed E-state index contributed by atoms with van der Waals surface area (Å²) in [6.07, 6.45) is 3.94. The van der Waals surface area contributed by atoms with Crippen LogP contribution in [0.2, 0.25) is 0 Å². The molecule has 1 aliphatic rings. The number of nitrogens with zero attached hydrogens (tertiary/aromatic N) is 3. The Morgan fingerprint density at radius 3 is 2.33 bits per heavy atom. The van der Waals surface area contributed by atoms with Gasteiger partial charge in [0.15, 0.2) is 5.11 Å². The van der Waals surface area contributed by atoms with Gasteiger partial charge in [0, 0.05) is 30.3 Å². The highest BCUT2D eigenvalue weighted by Gasteiger charge is 2.41. The Bertz CT molecular complexity index is 1240. The van der Waals surface area contributed by atoms with Crippen LogP contribution in [0.25, 0.3) is 0 Å². The number of nitrogens with one attached hydrogen (secondary N) is 1. The Morgan fingerprint density at radius 2 is 1.67 bits per heavy atom. The summed E-state index contributed by atoms with van der Waals surface area (Å²) < 4.78 is 8.28. The Morgan fingerprint density at radius 1 is 0.939 bits per heavy atom. The van der Waals surface area contributed by atoms with Crippen molar-refractivity contribution in [3.8, 4) is 11.5 Å². The van der Waals surface area contributed by atoms with E-state index in [1.165, 1.54) is 11.3 Å². The van der Waals surface area contributed by atoms with E-state index in [2.05, 4.69) is 70.1 Å². The summed E-state index contributed by atoms with van der Waals surface area (Å²) >= 11 is 5.83. The van der Waals surface area contributed by atoms with Crippen molar-refractivity contribution in [1.82, 2.24) is 14.9 Å². The number of pyridine rings is 1. The molecule has 4 aromatic rings. The molecule has 0 saturated carbocycles. The molecule has 0 unspecified atom stereocenters. The smallest absolute Gasteiger partial charge is 0.174 e. The number of hydrogen-bond acceptors (Lipinski definition) is 3. The van der Waals surface area contributed by atoms with Gasteiger partial charge in [0.25, 0.3) is 0 Å². The van der Waals surface area contributed by atoms with Crippen molar-refractivity contribution < 1.29 is 4.74 Å². The van der Waals surface area contributed by atoms with E-state index >= 15 is 0 Å². The molecule has 6 heteroatoms. The number of aryl methyl sites for hydroxylation is 2. The van der Waals surface area contributed by atoms with Gasteiger partial charge >= 0.3 is 0 Å². The average molecular weight is 455 g/mol. The SMILES string of the molecule is CCn1cccc1[C@H]1[C@H](c2ccccn2)NC(=S)N1c1ccc(Oc2ccc(C)cc2)cc1. The minimum atomic E-state index is -0.0533. The van der Waals surface area contributed by atoms with Gasteiger partial charge in [-0.2, -0.15) is 0 Å². The fraction of sp³-hybridized carbons (Fsp3) is 0.185. The van der Waals surface area contributed by atoms with Crippen LogP contribution in [0.5, 0.6) is 11.5 Å². The van der Waals surface area contributed by atoms with Crippen molar-refractivity contribution in [3.63, 3.8) is 0 Å². The molecular weight excluding hydrogens is 428 g/mol. The van der Waals surface area contributed by atoms with Crippen LogP contribution in [0.4, 0.5) is 5.69 Å². The molecule has 0 radical (unpaired) electrons. The summed E-state index contributed by atoms with van der Waals surface area (Å²) in [4.78, 5) is 6.81. The Labute approximate surface area is 199 Å². The topological polar surface area (TPSA) is 42.3 Å².